The molecule has 0 saturated heterocycles. The standard InChI is InChI=1S/C15H23NO/c1-3-12-6-4-5-7-15(12)16-13-8-10-14(17-2)11-9-13/h4-7,13-14,16H,3,8-11H2,1-2H3. The van der Waals surface area contributed by atoms with Crippen molar-refractivity contribution in [1.29, 1.82) is 0 Å². The van der Waals surface area contributed by atoms with Gasteiger partial charge in [-0.3, -0.25) is 0 Å². The molecular weight excluding hydrogens is 210 g/mol. The van der Waals surface area contributed by atoms with E-state index in [2.05, 4.69) is 36.5 Å². The number of hydrogen-bond acceptors (Lipinski definition) is 2. The summed E-state index contributed by atoms with van der Waals surface area (Å²) in [5.74, 6) is 0. The van der Waals surface area contributed by atoms with Crippen molar-refractivity contribution in [2.45, 2.75) is 51.2 Å². The van der Waals surface area contributed by atoms with E-state index in [1.807, 2.05) is 7.11 Å². The van der Waals surface area contributed by atoms with Gasteiger partial charge in [0.1, 0.15) is 0 Å². The van der Waals surface area contributed by atoms with Gasteiger partial charge in [-0.2, -0.15) is 0 Å². The van der Waals surface area contributed by atoms with E-state index in [1.165, 1.54) is 36.9 Å². The molecular formula is C15H23NO. The smallest absolute Gasteiger partial charge is 0.0572 e. The zero-order valence-electron chi connectivity index (χ0n) is 10.9. The minimum Gasteiger partial charge on any atom is -0.382 e. The minimum atomic E-state index is 0.481. The molecule has 0 atom stereocenters. The third-order valence-electron chi connectivity index (χ3n) is 3.77. The van der Waals surface area contributed by atoms with Crippen LogP contribution >= 0.6 is 0 Å². The van der Waals surface area contributed by atoms with Crippen molar-refractivity contribution >= 4 is 5.69 Å². The molecule has 0 unspecified atom stereocenters. The molecule has 1 N–H and O–H groups in total. The van der Waals surface area contributed by atoms with Crippen molar-refractivity contribution in [1.82, 2.24) is 0 Å². The van der Waals surface area contributed by atoms with Crippen molar-refractivity contribution in [3.63, 3.8) is 0 Å². The molecule has 1 saturated carbocycles. The summed E-state index contributed by atoms with van der Waals surface area (Å²) in [6.45, 7) is 2.21. The second kappa shape index (κ2) is 6.06. The molecule has 0 heterocycles. The number of methoxy groups -OCH3 is 1. The van der Waals surface area contributed by atoms with Crippen molar-refractivity contribution in [2.24, 2.45) is 0 Å². The van der Waals surface area contributed by atoms with Crippen LogP contribution in [0, 0.1) is 0 Å². The highest BCUT2D eigenvalue weighted by Gasteiger charge is 2.20. The van der Waals surface area contributed by atoms with Gasteiger partial charge in [0.15, 0.2) is 0 Å². The van der Waals surface area contributed by atoms with Crippen molar-refractivity contribution < 1.29 is 4.74 Å². The summed E-state index contributed by atoms with van der Waals surface area (Å²) in [6.07, 6.45) is 6.38. The molecule has 0 bridgehead atoms. The number of rotatable bonds is 4. The third-order valence-corrected chi connectivity index (χ3v) is 3.77. The lowest BCUT2D eigenvalue weighted by atomic mass is 9.92. The Hall–Kier alpha value is -1.02. The fourth-order valence-corrected chi connectivity index (χ4v) is 2.63. The SMILES string of the molecule is CCc1ccccc1NC1CCC(OC)CC1. The molecule has 2 heteroatoms. The lowest BCUT2D eigenvalue weighted by Gasteiger charge is -2.29. The van der Waals surface area contributed by atoms with E-state index < -0.39 is 0 Å². The first-order valence-electron chi connectivity index (χ1n) is 6.70. The Balaban J connectivity index is 1.93. The monoisotopic (exact) mass is 233 g/mol. The van der Waals surface area contributed by atoms with Gasteiger partial charge in [-0.1, -0.05) is 25.1 Å². The highest BCUT2D eigenvalue weighted by molar-refractivity contribution is 5.51. The molecule has 1 aliphatic carbocycles. The van der Waals surface area contributed by atoms with Gasteiger partial charge in [-0.25, -0.2) is 0 Å². The molecule has 0 amide bonds. The molecule has 0 spiro atoms. The first-order chi connectivity index (χ1) is 8.33. The Kier molecular flexibility index (Phi) is 4.43. The van der Waals surface area contributed by atoms with E-state index in [-0.39, 0.29) is 0 Å². The normalized spacial score (nSPS) is 24.6. The Morgan fingerprint density at radius 2 is 1.88 bits per heavy atom. The summed E-state index contributed by atoms with van der Waals surface area (Å²) in [5.41, 5.74) is 2.73. The number of nitrogens with one attached hydrogen (secondary N) is 1. The van der Waals surface area contributed by atoms with E-state index in [0.717, 1.165) is 6.42 Å². The van der Waals surface area contributed by atoms with E-state index in [1.54, 1.807) is 0 Å². The summed E-state index contributed by atoms with van der Waals surface area (Å²) in [6, 6.07) is 9.26. The Morgan fingerprint density at radius 1 is 1.18 bits per heavy atom. The van der Waals surface area contributed by atoms with Crippen LogP contribution < -0.4 is 5.32 Å². The molecule has 1 aromatic rings. The summed E-state index contributed by atoms with van der Waals surface area (Å²) in [4.78, 5) is 0. The summed E-state index contributed by atoms with van der Waals surface area (Å²) >= 11 is 0. The second-order valence-corrected chi connectivity index (χ2v) is 4.86. The summed E-state index contributed by atoms with van der Waals surface area (Å²) in [7, 11) is 1.82. The van der Waals surface area contributed by atoms with Crippen LogP contribution in [-0.4, -0.2) is 19.3 Å². The summed E-state index contributed by atoms with van der Waals surface area (Å²) in [5, 5.41) is 3.69. The average molecular weight is 233 g/mol. The molecule has 0 aliphatic heterocycles. The molecule has 1 aliphatic rings. The quantitative estimate of drug-likeness (QED) is 0.857. The van der Waals surface area contributed by atoms with Crippen LogP contribution in [-0.2, 0) is 11.2 Å². The molecule has 0 aromatic heterocycles. The molecule has 1 aromatic carbocycles. The van der Waals surface area contributed by atoms with Crippen LogP contribution in [0.1, 0.15) is 38.2 Å². The second-order valence-electron chi connectivity index (χ2n) is 4.86. The molecule has 2 nitrogen and oxygen atoms in total. The maximum atomic E-state index is 5.41. The average Bonchev–Trinajstić information content (AvgIpc) is 2.40. The molecule has 17 heavy (non-hydrogen) atoms. The van der Waals surface area contributed by atoms with Gasteiger partial charge in [0, 0.05) is 18.8 Å². The number of ether oxygens (including phenoxy) is 1. The van der Waals surface area contributed by atoms with Gasteiger partial charge in [-0.05, 0) is 43.7 Å². The van der Waals surface area contributed by atoms with Crippen molar-refractivity contribution in [3.8, 4) is 0 Å². The van der Waals surface area contributed by atoms with Crippen LogP contribution in [0.4, 0.5) is 5.69 Å². The zero-order valence-corrected chi connectivity index (χ0v) is 10.9. The highest BCUT2D eigenvalue weighted by atomic mass is 16.5. The van der Waals surface area contributed by atoms with Crippen molar-refractivity contribution in [3.05, 3.63) is 29.8 Å². The highest BCUT2D eigenvalue weighted by Crippen LogP contribution is 2.25. The van der Waals surface area contributed by atoms with Crippen LogP contribution in [0.5, 0.6) is 0 Å². The first kappa shape index (κ1) is 12.4. The van der Waals surface area contributed by atoms with Gasteiger partial charge in [0.05, 0.1) is 6.10 Å². The lowest BCUT2D eigenvalue weighted by molar-refractivity contribution is 0.0682. The predicted molar refractivity (Wildman–Crippen MR) is 72.5 cm³/mol. The maximum Gasteiger partial charge on any atom is 0.0572 e. The van der Waals surface area contributed by atoms with E-state index in [9.17, 15) is 0 Å². The van der Waals surface area contributed by atoms with Gasteiger partial charge >= 0.3 is 0 Å². The predicted octanol–water partition coefficient (Wildman–Crippen LogP) is 3.62. The van der Waals surface area contributed by atoms with Gasteiger partial charge in [0.2, 0.25) is 0 Å². The fraction of sp³-hybridized carbons (Fsp3) is 0.600. The van der Waals surface area contributed by atoms with E-state index >= 15 is 0 Å². The van der Waals surface area contributed by atoms with Crippen LogP contribution in [0.2, 0.25) is 0 Å². The fourth-order valence-electron chi connectivity index (χ4n) is 2.63. The molecule has 2 rings (SSSR count). The van der Waals surface area contributed by atoms with Crippen LogP contribution in [0.25, 0.3) is 0 Å². The number of para-hydroxylation sites is 1. The molecule has 94 valence electrons. The van der Waals surface area contributed by atoms with Gasteiger partial charge in [0.25, 0.3) is 0 Å². The van der Waals surface area contributed by atoms with Gasteiger partial charge < -0.3 is 10.1 Å². The Bertz CT molecular complexity index is 343. The molecule has 0 radical (unpaired) electrons. The van der Waals surface area contributed by atoms with Crippen LogP contribution in [0.15, 0.2) is 24.3 Å². The first-order valence-corrected chi connectivity index (χ1v) is 6.70. The van der Waals surface area contributed by atoms with Crippen LogP contribution in [0.3, 0.4) is 0 Å². The molecule has 1 fully saturated rings. The Morgan fingerprint density at radius 3 is 2.53 bits per heavy atom. The number of anilines is 1. The van der Waals surface area contributed by atoms with Gasteiger partial charge in [-0.15, -0.1) is 0 Å². The zero-order chi connectivity index (χ0) is 12.1. The Labute approximate surface area is 104 Å². The third kappa shape index (κ3) is 3.22. The number of hydrogen-bond donors (Lipinski definition) is 1. The van der Waals surface area contributed by atoms with Crippen molar-refractivity contribution in [2.75, 3.05) is 12.4 Å². The van der Waals surface area contributed by atoms with E-state index in [0.29, 0.717) is 12.1 Å². The number of benzene rings is 1. The maximum absolute atomic E-state index is 5.41. The minimum absolute atomic E-state index is 0.481. The van der Waals surface area contributed by atoms with E-state index in [4.69, 9.17) is 4.74 Å². The largest absolute Gasteiger partial charge is 0.382 e. The summed E-state index contributed by atoms with van der Waals surface area (Å²) < 4.78 is 5.41. The lowest BCUT2D eigenvalue weighted by Crippen LogP contribution is -2.29. The number of aryl methyl sites for hydroxylation is 1. The topological polar surface area (TPSA) is 21.3 Å².